The Kier molecular flexibility index (Phi) is 4.66. The van der Waals surface area contributed by atoms with Gasteiger partial charge in [-0.25, -0.2) is 13.4 Å². The van der Waals surface area contributed by atoms with Crippen LogP contribution in [0.5, 0.6) is 0 Å². The summed E-state index contributed by atoms with van der Waals surface area (Å²) in [6, 6.07) is 0. The molecular weight excluding hydrogens is 293 g/mol. The Morgan fingerprint density at radius 3 is 2.50 bits per heavy atom. The van der Waals surface area contributed by atoms with E-state index < -0.39 is 26.7 Å². The summed E-state index contributed by atoms with van der Waals surface area (Å²) in [7, 11) is 1.09. The van der Waals surface area contributed by atoms with E-state index in [2.05, 4.69) is 4.98 Å². The van der Waals surface area contributed by atoms with Crippen LogP contribution in [-0.2, 0) is 22.0 Å². The highest BCUT2D eigenvalue weighted by Gasteiger charge is 2.27. The molecule has 104 valence electrons. The molecule has 0 amide bonds. The molecule has 1 aromatic heterocycles. The topological polar surface area (TPSA) is 52.0 Å². The fourth-order valence-corrected chi connectivity index (χ4v) is 2.10. The predicted octanol–water partition coefficient (Wildman–Crippen LogP) is 2.72. The zero-order valence-corrected chi connectivity index (χ0v) is 11.1. The van der Waals surface area contributed by atoms with Crippen LogP contribution in [0.1, 0.15) is 25.6 Å². The van der Waals surface area contributed by atoms with Gasteiger partial charge in [-0.05, 0) is 6.42 Å². The van der Waals surface area contributed by atoms with Crippen LogP contribution >= 0.6 is 10.7 Å². The first-order valence-electron chi connectivity index (χ1n) is 5.21. The smallest absolute Gasteiger partial charge is 0.333 e. The van der Waals surface area contributed by atoms with Gasteiger partial charge in [-0.15, -0.1) is 0 Å². The molecule has 0 atom stereocenters. The lowest BCUT2D eigenvalue weighted by Crippen LogP contribution is -2.13. The van der Waals surface area contributed by atoms with Gasteiger partial charge in [-0.2, -0.15) is 13.2 Å². The Labute approximate surface area is 107 Å². The minimum absolute atomic E-state index is 0.293. The maximum absolute atomic E-state index is 12.1. The van der Waals surface area contributed by atoms with E-state index in [0.717, 1.165) is 6.20 Å². The molecule has 0 fully saturated rings. The third kappa shape index (κ3) is 4.49. The van der Waals surface area contributed by atoms with E-state index in [-0.39, 0.29) is 6.54 Å². The van der Waals surface area contributed by atoms with Crippen LogP contribution in [0.3, 0.4) is 0 Å². The van der Waals surface area contributed by atoms with Crippen LogP contribution in [0.25, 0.3) is 0 Å². The minimum Gasteiger partial charge on any atom is -0.333 e. The van der Waals surface area contributed by atoms with E-state index >= 15 is 0 Å². The number of hydrogen-bond acceptors (Lipinski definition) is 3. The van der Waals surface area contributed by atoms with Gasteiger partial charge in [-0.1, -0.05) is 6.92 Å². The number of halogens is 4. The zero-order chi connectivity index (χ0) is 14.0. The van der Waals surface area contributed by atoms with Gasteiger partial charge in [0, 0.05) is 29.8 Å². The molecule has 0 aliphatic carbocycles. The molecule has 0 aliphatic rings. The number of alkyl halides is 3. The molecular formula is C9H12ClF3N2O2S. The summed E-state index contributed by atoms with van der Waals surface area (Å²) in [5.41, 5.74) is 0. The molecule has 9 heteroatoms. The Morgan fingerprint density at radius 1 is 1.44 bits per heavy atom. The van der Waals surface area contributed by atoms with E-state index in [4.69, 9.17) is 10.7 Å². The van der Waals surface area contributed by atoms with Gasteiger partial charge >= 0.3 is 6.18 Å². The summed E-state index contributed by atoms with van der Waals surface area (Å²) in [6.07, 6.45) is -3.26. The van der Waals surface area contributed by atoms with Gasteiger partial charge in [0.2, 0.25) is 0 Å². The Hall–Kier alpha value is -0.760. The van der Waals surface area contributed by atoms with Crippen molar-refractivity contribution in [2.75, 3.05) is 0 Å². The van der Waals surface area contributed by atoms with E-state index in [1.54, 1.807) is 0 Å². The van der Waals surface area contributed by atoms with Gasteiger partial charge in [-0.3, -0.25) is 0 Å². The lowest BCUT2D eigenvalue weighted by atomic mass is 10.3. The number of aryl methyl sites for hydroxylation is 2. The van der Waals surface area contributed by atoms with Crippen molar-refractivity contribution in [3.63, 3.8) is 0 Å². The van der Waals surface area contributed by atoms with Crippen LogP contribution < -0.4 is 0 Å². The van der Waals surface area contributed by atoms with Crippen molar-refractivity contribution in [3.8, 4) is 0 Å². The van der Waals surface area contributed by atoms with Gasteiger partial charge in [0.05, 0.1) is 6.42 Å². The third-order valence-electron chi connectivity index (χ3n) is 2.20. The number of nitrogens with zero attached hydrogens (tertiary/aromatic N) is 2. The van der Waals surface area contributed by atoms with Crippen molar-refractivity contribution >= 4 is 19.7 Å². The van der Waals surface area contributed by atoms with Crippen LogP contribution in [-0.4, -0.2) is 24.1 Å². The second-order valence-corrected chi connectivity index (χ2v) is 6.25. The summed E-state index contributed by atoms with van der Waals surface area (Å²) in [5, 5.41) is -0.408. The van der Waals surface area contributed by atoms with Crippen molar-refractivity contribution in [3.05, 3.63) is 12.0 Å². The molecule has 0 unspecified atom stereocenters. The Balaban J connectivity index is 2.98. The maximum atomic E-state index is 12.1. The molecule has 0 bridgehead atoms. The maximum Gasteiger partial charge on any atom is 0.390 e. The Morgan fingerprint density at radius 2 is 2.06 bits per heavy atom. The first-order chi connectivity index (χ1) is 8.13. The molecule has 4 nitrogen and oxygen atoms in total. The first-order valence-corrected chi connectivity index (χ1v) is 7.52. The fourth-order valence-electron chi connectivity index (χ4n) is 1.41. The molecule has 0 aliphatic heterocycles. The number of aromatic nitrogens is 2. The Bertz CT molecular complexity index is 510. The van der Waals surface area contributed by atoms with Gasteiger partial charge in [0.25, 0.3) is 9.05 Å². The lowest BCUT2D eigenvalue weighted by molar-refractivity contribution is -0.136. The van der Waals surface area contributed by atoms with Gasteiger partial charge in [0.1, 0.15) is 5.82 Å². The number of rotatable bonds is 5. The average molecular weight is 305 g/mol. The highest BCUT2D eigenvalue weighted by Crippen LogP contribution is 2.22. The predicted molar refractivity (Wildman–Crippen MR) is 59.9 cm³/mol. The molecule has 0 radical (unpaired) electrons. The van der Waals surface area contributed by atoms with E-state index in [0.29, 0.717) is 18.7 Å². The highest BCUT2D eigenvalue weighted by atomic mass is 35.7. The van der Waals surface area contributed by atoms with Crippen molar-refractivity contribution in [2.45, 2.75) is 43.9 Å². The van der Waals surface area contributed by atoms with Crippen molar-refractivity contribution in [1.82, 2.24) is 9.55 Å². The molecule has 18 heavy (non-hydrogen) atoms. The van der Waals surface area contributed by atoms with Crippen LogP contribution in [0.4, 0.5) is 13.2 Å². The highest BCUT2D eigenvalue weighted by molar-refractivity contribution is 8.13. The normalized spacial score (nSPS) is 12.9. The second kappa shape index (κ2) is 5.48. The second-order valence-electron chi connectivity index (χ2n) is 3.74. The SMILES string of the molecule is CCCc1nc(S(=O)(=O)Cl)cn1CCC(F)(F)F. The summed E-state index contributed by atoms with van der Waals surface area (Å²) in [6.45, 7) is 1.45. The van der Waals surface area contributed by atoms with Gasteiger partial charge < -0.3 is 4.57 Å². The van der Waals surface area contributed by atoms with E-state index in [1.165, 1.54) is 4.57 Å². The summed E-state index contributed by atoms with van der Waals surface area (Å²) < 4.78 is 59.7. The molecule has 1 rings (SSSR count). The molecule has 0 saturated carbocycles. The quantitative estimate of drug-likeness (QED) is 0.786. The summed E-state index contributed by atoms with van der Waals surface area (Å²) in [4.78, 5) is 3.75. The average Bonchev–Trinajstić information content (AvgIpc) is 2.57. The van der Waals surface area contributed by atoms with Crippen LogP contribution in [0.2, 0.25) is 0 Å². The van der Waals surface area contributed by atoms with E-state index in [9.17, 15) is 21.6 Å². The fraction of sp³-hybridized carbons (Fsp3) is 0.667. The lowest BCUT2D eigenvalue weighted by Gasteiger charge is -2.09. The molecule has 0 spiro atoms. The summed E-state index contributed by atoms with van der Waals surface area (Å²) in [5.74, 6) is 0.293. The molecule has 0 N–H and O–H groups in total. The first kappa shape index (κ1) is 15.3. The minimum atomic E-state index is -4.30. The zero-order valence-electron chi connectivity index (χ0n) is 9.54. The molecule has 1 heterocycles. The van der Waals surface area contributed by atoms with Crippen LogP contribution in [0, 0.1) is 0 Å². The van der Waals surface area contributed by atoms with Crippen molar-refractivity contribution in [1.29, 1.82) is 0 Å². The number of hydrogen-bond donors (Lipinski definition) is 0. The monoisotopic (exact) mass is 304 g/mol. The standard InChI is InChI=1S/C9H12ClF3N2O2S/c1-2-3-7-14-8(18(10,16)17)6-15(7)5-4-9(11,12)13/h6H,2-5H2,1H3. The summed E-state index contributed by atoms with van der Waals surface area (Å²) >= 11 is 0. The van der Waals surface area contributed by atoms with Crippen molar-refractivity contribution in [2.24, 2.45) is 0 Å². The largest absolute Gasteiger partial charge is 0.390 e. The van der Waals surface area contributed by atoms with Crippen molar-refractivity contribution < 1.29 is 21.6 Å². The molecule has 1 aromatic rings. The molecule has 0 aromatic carbocycles. The van der Waals surface area contributed by atoms with E-state index in [1.807, 2.05) is 6.92 Å². The third-order valence-corrected chi connectivity index (χ3v) is 3.37. The number of imidazole rings is 1. The van der Waals surface area contributed by atoms with Crippen LogP contribution in [0.15, 0.2) is 11.2 Å². The molecule has 0 saturated heterocycles. The van der Waals surface area contributed by atoms with Gasteiger partial charge in [0.15, 0.2) is 5.03 Å².